The van der Waals surface area contributed by atoms with Crippen LogP contribution in [0.4, 0.5) is 16.2 Å². The van der Waals surface area contributed by atoms with Crippen LogP contribution in [0.5, 0.6) is 11.5 Å². The van der Waals surface area contributed by atoms with Gasteiger partial charge in [0.25, 0.3) is 5.91 Å². The van der Waals surface area contributed by atoms with E-state index in [1.54, 1.807) is 80.6 Å². The Kier molecular flexibility index (Phi) is 9.98. The smallest absolute Gasteiger partial charge is 0.321 e. The third-order valence-corrected chi connectivity index (χ3v) is 7.26. The summed E-state index contributed by atoms with van der Waals surface area (Å²) in [7, 11) is 3.26. The number of pyridine rings is 1. The van der Waals surface area contributed by atoms with Crippen LogP contribution in [0.2, 0.25) is 0 Å². The van der Waals surface area contributed by atoms with Crippen LogP contribution in [-0.2, 0) is 11.2 Å². The normalized spacial score (nSPS) is 17.5. The Morgan fingerprint density at radius 1 is 1.12 bits per heavy atom. The van der Waals surface area contributed by atoms with Gasteiger partial charge in [0.1, 0.15) is 17.6 Å². The van der Waals surface area contributed by atoms with E-state index in [2.05, 4.69) is 15.6 Å². The molecule has 0 saturated carbocycles. The van der Waals surface area contributed by atoms with Crippen molar-refractivity contribution in [2.75, 3.05) is 44.5 Å². The molecule has 2 aromatic carbocycles. The highest BCUT2D eigenvalue weighted by molar-refractivity contribution is 6.04. The maximum Gasteiger partial charge on any atom is 0.321 e. The van der Waals surface area contributed by atoms with Crippen molar-refractivity contribution in [3.63, 3.8) is 0 Å². The van der Waals surface area contributed by atoms with Crippen molar-refractivity contribution >= 4 is 29.2 Å². The number of hydrogen-bond donors (Lipinski definition) is 3. The fourth-order valence-corrected chi connectivity index (χ4v) is 4.68. The molecule has 1 aliphatic rings. The van der Waals surface area contributed by atoms with E-state index in [0.29, 0.717) is 40.5 Å². The summed E-state index contributed by atoms with van der Waals surface area (Å²) in [6.07, 6.45) is 2.62. The van der Waals surface area contributed by atoms with Crippen LogP contribution in [0.15, 0.2) is 67.0 Å². The number of nitrogens with zero attached hydrogens (tertiary/aromatic N) is 3. The van der Waals surface area contributed by atoms with Crippen LogP contribution in [0.1, 0.15) is 29.8 Å². The van der Waals surface area contributed by atoms with Crippen molar-refractivity contribution in [3.8, 4) is 11.5 Å². The van der Waals surface area contributed by atoms with Crippen LogP contribution in [0.25, 0.3) is 0 Å². The number of methoxy groups -OCH3 is 1. The van der Waals surface area contributed by atoms with Crippen LogP contribution in [0.3, 0.4) is 0 Å². The molecular weight excluding hydrogens is 538 g/mol. The summed E-state index contributed by atoms with van der Waals surface area (Å²) in [6.45, 7) is 4.12. The maximum atomic E-state index is 13.5. The first-order chi connectivity index (χ1) is 20.2. The lowest BCUT2D eigenvalue weighted by atomic mass is 10.0. The lowest BCUT2D eigenvalue weighted by Gasteiger charge is -2.34. The van der Waals surface area contributed by atoms with E-state index in [1.165, 1.54) is 17.3 Å². The summed E-state index contributed by atoms with van der Waals surface area (Å²) in [6, 6.07) is 14.7. The first kappa shape index (κ1) is 30.3. The van der Waals surface area contributed by atoms with Crippen LogP contribution in [-0.4, -0.2) is 83.7 Å². The standard InChI is InChI=1S/C31H37N5O6/c1-20-17-36(21(2)19-37)29(38)16-23-15-25(33-30(39)22-11-13-32-14-12-22)7-10-27(23)42-28(20)18-35(3)31(40)34-24-5-8-26(41-4)9-6-24/h5-15,20-21,28,37H,16-19H2,1-4H3,(H,33,39)(H,34,40)/t20-,21-,28-/m1/s1. The molecule has 222 valence electrons. The molecule has 1 aliphatic heterocycles. The van der Waals surface area contributed by atoms with E-state index in [1.807, 2.05) is 6.92 Å². The predicted octanol–water partition coefficient (Wildman–Crippen LogP) is 3.66. The monoisotopic (exact) mass is 575 g/mol. The van der Waals surface area contributed by atoms with Gasteiger partial charge in [0.15, 0.2) is 0 Å². The third kappa shape index (κ3) is 7.55. The largest absolute Gasteiger partial charge is 0.497 e. The molecule has 0 radical (unpaired) electrons. The Labute approximate surface area is 245 Å². The Balaban J connectivity index is 1.57. The lowest BCUT2D eigenvalue weighted by Crippen LogP contribution is -2.48. The number of rotatable bonds is 8. The molecule has 4 amide bonds. The van der Waals surface area contributed by atoms with Crippen LogP contribution < -0.4 is 20.1 Å². The van der Waals surface area contributed by atoms with Gasteiger partial charge in [-0.2, -0.15) is 0 Å². The van der Waals surface area contributed by atoms with Gasteiger partial charge in [0.2, 0.25) is 5.91 Å². The van der Waals surface area contributed by atoms with Gasteiger partial charge in [-0.3, -0.25) is 14.6 Å². The maximum absolute atomic E-state index is 13.5. The van der Waals surface area contributed by atoms with Crippen molar-refractivity contribution in [3.05, 3.63) is 78.1 Å². The number of aliphatic hydroxyl groups excluding tert-OH is 1. The number of hydrogen-bond acceptors (Lipinski definition) is 7. The zero-order valence-corrected chi connectivity index (χ0v) is 24.2. The number of amides is 4. The zero-order valence-electron chi connectivity index (χ0n) is 24.2. The fraction of sp³-hybridized carbons (Fsp3) is 0.355. The molecule has 0 fully saturated rings. The molecule has 11 heteroatoms. The SMILES string of the molecule is COc1ccc(NC(=O)N(C)C[C@H]2Oc3ccc(NC(=O)c4ccncc4)cc3CC(=O)N([C@H](C)CO)C[C@H]2C)cc1. The van der Waals surface area contributed by atoms with Gasteiger partial charge in [0.05, 0.1) is 32.7 Å². The molecule has 0 spiro atoms. The van der Waals surface area contributed by atoms with E-state index in [0.717, 1.165) is 0 Å². The second-order valence-electron chi connectivity index (χ2n) is 10.4. The molecule has 4 rings (SSSR count). The first-order valence-corrected chi connectivity index (χ1v) is 13.8. The molecule has 1 aromatic heterocycles. The minimum absolute atomic E-state index is 0.0197. The van der Waals surface area contributed by atoms with Crippen molar-refractivity contribution in [1.29, 1.82) is 0 Å². The van der Waals surface area contributed by atoms with Gasteiger partial charge in [0, 0.05) is 54.4 Å². The molecule has 3 N–H and O–H groups in total. The minimum Gasteiger partial charge on any atom is -0.497 e. The molecule has 3 atom stereocenters. The number of fused-ring (bicyclic) bond motifs is 1. The number of urea groups is 1. The molecule has 0 bridgehead atoms. The van der Waals surface area contributed by atoms with Crippen molar-refractivity contribution in [2.24, 2.45) is 5.92 Å². The van der Waals surface area contributed by atoms with Crippen molar-refractivity contribution in [2.45, 2.75) is 32.4 Å². The van der Waals surface area contributed by atoms with E-state index >= 15 is 0 Å². The fourth-order valence-electron chi connectivity index (χ4n) is 4.68. The summed E-state index contributed by atoms with van der Waals surface area (Å²) >= 11 is 0. The quantitative estimate of drug-likeness (QED) is 0.373. The van der Waals surface area contributed by atoms with Crippen LogP contribution in [0, 0.1) is 5.92 Å². The van der Waals surface area contributed by atoms with Gasteiger partial charge < -0.3 is 35.0 Å². The molecular formula is C31H37N5O6. The second-order valence-corrected chi connectivity index (χ2v) is 10.4. The summed E-state index contributed by atoms with van der Waals surface area (Å²) in [5.74, 6) is 0.515. The van der Waals surface area contributed by atoms with E-state index in [9.17, 15) is 19.5 Å². The summed E-state index contributed by atoms with van der Waals surface area (Å²) in [4.78, 5) is 46.3. The van der Waals surface area contributed by atoms with E-state index < -0.39 is 12.1 Å². The zero-order chi connectivity index (χ0) is 30.2. The van der Waals surface area contributed by atoms with Crippen LogP contribution >= 0.6 is 0 Å². The van der Waals surface area contributed by atoms with Gasteiger partial charge in [-0.15, -0.1) is 0 Å². The predicted molar refractivity (Wildman–Crippen MR) is 159 cm³/mol. The number of aromatic nitrogens is 1. The molecule has 0 aliphatic carbocycles. The summed E-state index contributed by atoms with van der Waals surface area (Å²) in [5, 5.41) is 15.6. The average Bonchev–Trinajstić information content (AvgIpc) is 3.04. The van der Waals surface area contributed by atoms with E-state index in [-0.39, 0.29) is 43.3 Å². The highest BCUT2D eigenvalue weighted by atomic mass is 16.5. The Morgan fingerprint density at radius 3 is 2.48 bits per heavy atom. The van der Waals surface area contributed by atoms with Gasteiger partial charge in [-0.05, 0) is 61.5 Å². The number of ether oxygens (including phenoxy) is 2. The molecule has 3 aromatic rings. The number of anilines is 2. The number of aliphatic hydroxyl groups is 1. The molecule has 42 heavy (non-hydrogen) atoms. The van der Waals surface area contributed by atoms with Crippen molar-refractivity contribution in [1.82, 2.24) is 14.8 Å². The van der Waals surface area contributed by atoms with Gasteiger partial charge in [-0.25, -0.2) is 4.79 Å². The molecule has 0 saturated heterocycles. The second kappa shape index (κ2) is 13.8. The highest BCUT2D eigenvalue weighted by Crippen LogP contribution is 2.29. The summed E-state index contributed by atoms with van der Waals surface area (Å²) in [5.41, 5.74) is 2.17. The Morgan fingerprint density at radius 2 is 1.81 bits per heavy atom. The topological polar surface area (TPSA) is 133 Å². The average molecular weight is 576 g/mol. The Bertz CT molecular complexity index is 1380. The van der Waals surface area contributed by atoms with Gasteiger partial charge >= 0.3 is 6.03 Å². The molecule has 2 heterocycles. The molecule has 11 nitrogen and oxygen atoms in total. The van der Waals surface area contributed by atoms with E-state index in [4.69, 9.17) is 9.47 Å². The van der Waals surface area contributed by atoms with Crippen molar-refractivity contribution < 1.29 is 29.0 Å². The highest BCUT2D eigenvalue weighted by Gasteiger charge is 2.32. The Hall–Kier alpha value is -4.64. The number of benzene rings is 2. The number of likely N-dealkylation sites (N-methyl/N-ethyl adjacent to an activating group) is 1. The summed E-state index contributed by atoms with van der Waals surface area (Å²) < 4.78 is 11.7. The number of carbonyl (C=O) groups excluding carboxylic acids is 3. The van der Waals surface area contributed by atoms with Gasteiger partial charge in [-0.1, -0.05) is 6.92 Å². The minimum atomic E-state index is -0.480. The first-order valence-electron chi connectivity index (χ1n) is 13.8. The lowest BCUT2D eigenvalue weighted by molar-refractivity contribution is -0.134. The molecule has 0 unspecified atom stereocenters. The third-order valence-electron chi connectivity index (χ3n) is 7.26. The number of carbonyl (C=O) groups is 3. The number of nitrogens with one attached hydrogen (secondary N) is 2.